The van der Waals surface area contributed by atoms with Crippen LogP contribution in [0.1, 0.15) is 5.56 Å². The summed E-state index contributed by atoms with van der Waals surface area (Å²) in [6, 6.07) is 9.94. The molecule has 1 aromatic carbocycles. The van der Waals surface area contributed by atoms with E-state index >= 15 is 0 Å². The summed E-state index contributed by atoms with van der Waals surface area (Å²) in [6.45, 7) is 4.33. The Hall–Kier alpha value is -1.87. The minimum atomic E-state index is 0.459. The van der Waals surface area contributed by atoms with E-state index in [0.29, 0.717) is 6.54 Å². The number of nitrogens with two attached hydrogens (primary N) is 1. The molecule has 2 N–H and O–H groups in total. The minimum absolute atomic E-state index is 0.459. The average molecular weight is 199 g/mol. The second-order valence-corrected chi connectivity index (χ2v) is 3.32. The van der Waals surface area contributed by atoms with Crippen LogP contribution in [-0.2, 0) is 0 Å². The van der Waals surface area contributed by atoms with Gasteiger partial charge in [-0.3, -0.25) is 0 Å². The molecule has 0 spiro atoms. The van der Waals surface area contributed by atoms with Crippen LogP contribution in [0.5, 0.6) is 0 Å². The molecule has 1 heterocycles. The summed E-state index contributed by atoms with van der Waals surface area (Å²) < 4.78 is 1.82. The molecule has 0 amide bonds. The third kappa shape index (κ3) is 1.97. The zero-order valence-electron chi connectivity index (χ0n) is 8.43. The normalized spacial score (nSPS) is 10.2. The van der Waals surface area contributed by atoms with Crippen molar-refractivity contribution in [3.05, 3.63) is 54.9 Å². The molecule has 0 unspecified atom stereocenters. The van der Waals surface area contributed by atoms with Gasteiger partial charge in [0, 0.05) is 18.3 Å². The van der Waals surface area contributed by atoms with Crippen LogP contribution in [-0.4, -0.2) is 16.3 Å². The van der Waals surface area contributed by atoms with Crippen LogP contribution in [0.3, 0.4) is 0 Å². The SMILES string of the molecule is C=C(CN)c1cnn(-c2ccccc2)c1. The number of para-hydroxylation sites is 1. The summed E-state index contributed by atoms with van der Waals surface area (Å²) in [5, 5.41) is 4.26. The second-order valence-electron chi connectivity index (χ2n) is 3.32. The molecule has 0 saturated carbocycles. The summed E-state index contributed by atoms with van der Waals surface area (Å²) in [7, 11) is 0. The van der Waals surface area contributed by atoms with Gasteiger partial charge in [0.2, 0.25) is 0 Å². The number of rotatable bonds is 3. The zero-order valence-corrected chi connectivity index (χ0v) is 8.43. The highest BCUT2D eigenvalue weighted by Gasteiger charge is 2.01. The van der Waals surface area contributed by atoms with Crippen molar-refractivity contribution in [3.63, 3.8) is 0 Å². The fraction of sp³-hybridized carbons (Fsp3) is 0.0833. The number of hydrogen-bond acceptors (Lipinski definition) is 2. The molecule has 2 rings (SSSR count). The van der Waals surface area contributed by atoms with Crippen LogP contribution in [0.15, 0.2) is 49.3 Å². The van der Waals surface area contributed by atoms with Crippen LogP contribution in [0.25, 0.3) is 11.3 Å². The van der Waals surface area contributed by atoms with E-state index in [1.807, 2.05) is 41.2 Å². The average Bonchev–Trinajstić information content (AvgIpc) is 2.78. The highest BCUT2D eigenvalue weighted by atomic mass is 15.3. The van der Waals surface area contributed by atoms with E-state index in [4.69, 9.17) is 5.73 Å². The molecule has 2 aromatic rings. The molecule has 3 nitrogen and oxygen atoms in total. The highest BCUT2D eigenvalue weighted by molar-refractivity contribution is 5.63. The molecule has 0 aliphatic rings. The third-order valence-electron chi connectivity index (χ3n) is 2.26. The van der Waals surface area contributed by atoms with Gasteiger partial charge in [-0.2, -0.15) is 5.10 Å². The smallest absolute Gasteiger partial charge is 0.0645 e. The van der Waals surface area contributed by atoms with Crippen molar-refractivity contribution in [1.29, 1.82) is 0 Å². The Labute approximate surface area is 88.8 Å². The van der Waals surface area contributed by atoms with Crippen LogP contribution < -0.4 is 5.73 Å². The molecule has 0 saturated heterocycles. The van der Waals surface area contributed by atoms with Gasteiger partial charge in [0.05, 0.1) is 11.9 Å². The summed E-state index contributed by atoms with van der Waals surface area (Å²) in [6.07, 6.45) is 3.72. The minimum Gasteiger partial charge on any atom is -0.326 e. The summed E-state index contributed by atoms with van der Waals surface area (Å²) in [5.41, 5.74) is 8.44. The van der Waals surface area contributed by atoms with Crippen molar-refractivity contribution in [3.8, 4) is 5.69 Å². The molecule has 0 radical (unpaired) electrons. The van der Waals surface area contributed by atoms with Gasteiger partial charge in [0.15, 0.2) is 0 Å². The number of aromatic nitrogens is 2. The van der Waals surface area contributed by atoms with Crippen molar-refractivity contribution >= 4 is 5.57 Å². The molecule has 0 fully saturated rings. The Bertz CT molecular complexity index is 457. The van der Waals surface area contributed by atoms with Crippen molar-refractivity contribution in [2.24, 2.45) is 5.73 Å². The fourth-order valence-electron chi connectivity index (χ4n) is 1.35. The summed E-state index contributed by atoms with van der Waals surface area (Å²) >= 11 is 0. The molecule has 1 aromatic heterocycles. The van der Waals surface area contributed by atoms with Gasteiger partial charge >= 0.3 is 0 Å². The van der Waals surface area contributed by atoms with Gasteiger partial charge in [-0.05, 0) is 17.7 Å². The lowest BCUT2D eigenvalue weighted by molar-refractivity contribution is 0.880. The van der Waals surface area contributed by atoms with Crippen LogP contribution in [0, 0.1) is 0 Å². The third-order valence-corrected chi connectivity index (χ3v) is 2.26. The van der Waals surface area contributed by atoms with Gasteiger partial charge in [0.1, 0.15) is 0 Å². The Balaban J connectivity index is 2.32. The monoisotopic (exact) mass is 199 g/mol. The Morgan fingerprint density at radius 2 is 2.07 bits per heavy atom. The van der Waals surface area contributed by atoms with Gasteiger partial charge in [0.25, 0.3) is 0 Å². The van der Waals surface area contributed by atoms with Crippen LogP contribution in [0.4, 0.5) is 0 Å². The summed E-state index contributed by atoms with van der Waals surface area (Å²) in [5.74, 6) is 0. The van der Waals surface area contributed by atoms with E-state index in [1.54, 1.807) is 6.20 Å². The molecular weight excluding hydrogens is 186 g/mol. The first-order valence-corrected chi connectivity index (χ1v) is 4.79. The van der Waals surface area contributed by atoms with E-state index in [-0.39, 0.29) is 0 Å². The molecule has 3 heteroatoms. The molecule has 15 heavy (non-hydrogen) atoms. The van der Waals surface area contributed by atoms with Crippen molar-refractivity contribution in [1.82, 2.24) is 9.78 Å². The van der Waals surface area contributed by atoms with Crippen molar-refractivity contribution in [2.75, 3.05) is 6.54 Å². The Morgan fingerprint density at radius 1 is 1.33 bits per heavy atom. The fourth-order valence-corrected chi connectivity index (χ4v) is 1.35. The van der Waals surface area contributed by atoms with Gasteiger partial charge in [-0.25, -0.2) is 4.68 Å². The first kappa shape index (κ1) is 9.68. The molecule has 0 bridgehead atoms. The standard InChI is InChI=1S/C12H13N3/c1-10(7-13)11-8-14-15(9-11)12-5-3-2-4-6-12/h2-6,8-9H,1,7,13H2. The van der Waals surface area contributed by atoms with E-state index in [9.17, 15) is 0 Å². The van der Waals surface area contributed by atoms with E-state index in [2.05, 4.69) is 11.7 Å². The van der Waals surface area contributed by atoms with E-state index in [1.165, 1.54) is 0 Å². The van der Waals surface area contributed by atoms with Gasteiger partial charge in [-0.15, -0.1) is 0 Å². The largest absolute Gasteiger partial charge is 0.326 e. The second kappa shape index (κ2) is 4.11. The molecule has 0 atom stereocenters. The lowest BCUT2D eigenvalue weighted by Gasteiger charge is -1.99. The van der Waals surface area contributed by atoms with Crippen LogP contribution >= 0.6 is 0 Å². The topological polar surface area (TPSA) is 43.8 Å². The lowest BCUT2D eigenvalue weighted by Crippen LogP contribution is -2.00. The lowest BCUT2D eigenvalue weighted by atomic mass is 10.2. The van der Waals surface area contributed by atoms with Crippen LogP contribution in [0.2, 0.25) is 0 Å². The zero-order chi connectivity index (χ0) is 10.7. The Morgan fingerprint density at radius 3 is 2.73 bits per heavy atom. The quantitative estimate of drug-likeness (QED) is 0.819. The highest BCUT2D eigenvalue weighted by Crippen LogP contribution is 2.12. The predicted molar refractivity (Wildman–Crippen MR) is 61.7 cm³/mol. The Kier molecular flexibility index (Phi) is 2.65. The van der Waals surface area contributed by atoms with E-state index in [0.717, 1.165) is 16.8 Å². The number of hydrogen-bond donors (Lipinski definition) is 1. The van der Waals surface area contributed by atoms with Crippen molar-refractivity contribution in [2.45, 2.75) is 0 Å². The molecule has 0 aliphatic heterocycles. The molecule has 76 valence electrons. The number of benzene rings is 1. The number of nitrogens with zero attached hydrogens (tertiary/aromatic N) is 2. The van der Waals surface area contributed by atoms with E-state index < -0.39 is 0 Å². The van der Waals surface area contributed by atoms with Crippen molar-refractivity contribution < 1.29 is 0 Å². The first-order valence-electron chi connectivity index (χ1n) is 4.79. The predicted octanol–water partition coefficient (Wildman–Crippen LogP) is 1.84. The molecular formula is C12H13N3. The summed E-state index contributed by atoms with van der Waals surface area (Å²) in [4.78, 5) is 0. The van der Waals surface area contributed by atoms with Gasteiger partial charge in [-0.1, -0.05) is 24.8 Å². The first-order chi connectivity index (χ1) is 7.31. The maximum absolute atomic E-state index is 5.52. The maximum atomic E-state index is 5.52. The maximum Gasteiger partial charge on any atom is 0.0645 e. The van der Waals surface area contributed by atoms with Gasteiger partial charge < -0.3 is 5.73 Å². The molecule has 0 aliphatic carbocycles.